The lowest BCUT2D eigenvalue weighted by Crippen LogP contribution is -2.09. The molecule has 0 spiro atoms. The molecule has 1 aromatic carbocycles. The second-order valence-corrected chi connectivity index (χ2v) is 7.11. The third-order valence-electron chi connectivity index (χ3n) is 3.36. The SMILES string of the molecule is Cc1cc(C)c(S(=O)(=O)c2cccc(C)c2C)c(Cl)n1. The average molecular weight is 310 g/mol. The zero-order valence-corrected chi connectivity index (χ0v) is 13.4. The Morgan fingerprint density at radius 2 is 1.70 bits per heavy atom. The molecule has 0 aliphatic carbocycles. The Balaban J connectivity index is 2.77. The average Bonchev–Trinajstić information content (AvgIpc) is 2.30. The van der Waals surface area contributed by atoms with Gasteiger partial charge in [0.25, 0.3) is 0 Å². The number of pyridine rings is 1. The van der Waals surface area contributed by atoms with Gasteiger partial charge in [-0.3, -0.25) is 0 Å². The van der Waals surface area contributed by atoms with Gasteiger partial charge in [0.2, 0.25) is 9.84 Å². The van der Waals surface area contributed by atoms with Gasteiger partial charge in [-0.15, -0.1) is 0 Å². The number of aromatic nitrogens is 1. The Morgan fingerprint density at radius 1 is 1.05 bits per heavy atom. The van der Waals surface area contributed by atoms with Crippen LogP contribution in [-0.4, -0.2) is 13.4 Å². The smallest absolute Gasteiger partial charge is 0.210 e. The lowest BCUT2D eigenvalue weighted by Gasteiger charge is -2.13. The van der Waals surface area contributed by atoms with Crippen LogP contribution in [0.15, 0.2) is 34.1 Å². The summed E-state index contributed by atoms with van der Waals surface area (Å²) in [5.41, 5.74) is 2.99. The summed E-state index contributed by atoms with van der Waals surface area (Å²) in [7, 11) is -3.66. The number of hydrogen-bond acceptors (Lipinski definition) is 3. The van der Waals surface area contributed by atoms with Crippen LogP contribution in [0.25, 0.3) is 0 Å². The first-order chi connectivity index (χ1) is 9.25. The molecule has 0 saturated heterocycles. The molecule has 0 amide bonds. The molecule has 1 aromatic heterocycles. The van der Waals surface area contributed by atoms with Crippen molar-refractivity contribution in [3.63, 3.8) is 0 Å². The number of aryl methyl sites for hydroxylation is 3. The lowest BCUT2D eigenvalue weighted by molar-refractivity contribution is 0.594. The van der Waals surface area contributed by atoms with E-state index in [0.29, 0.717) is 11.3 Å². The van der Waals surface area contributed by atoms with Crippen LogP contribution in [0.5, 0.6) is 0 Å². The van der Waals surface area contributed by atoms with E-state index in [1.165, 1.54) is 0 Å². The maximum Gasteiger partial charge on any atom is 0.210 e. The predicted octanol–water partition coefficient (Wildman–Crippen LogP) is 3.80. The van der Waals surface area contributed by atoms with E-state index in [-0.39, 0.29) is 14.9 Å². The number of nitrogens with zero attached hydrogens (tertiary/aromatic N) is 1. The third-order valence-corrected chi connectivity index (χ3v) is 5.82. The molecule has 106 valence electrons. The Hall–Kier alpha value is -1.39. The standard InChI is InChI=1S/C15H16ClNO2S/c1-9-6-5-7-13(12(9)4)20(18,19)14-10(2)8-11(3)17-15(14)16/h5-8H,1-4H3. The minimum atomic E-state index is -3.66. The van der Waals surface area contributed by atoms with Crippen molar-refractivity contribution >= 4 is 21.4 Å². The molecule has 0 aliphatic heterocycles. The van der Waals surface area contributed by atoms with E-state index in [2.05, 4.69) is 4.98 Å². The first-order valence-electron chi connectivity index (χ1n) is 6.20. The quantitative estimate of drug-likeness (QED) is 0.793. The number of hydrogen-bond donors (Lipinski definition) is 0. The van der Waals surface area contributed by atoms with Crippen LogP contribution < -0.4 is 0 Å². The fraction of sp³-hybridized carbons (Fsp3) is 0.267. The molecule has 2 rings (SSSR count). The van der Waals surface area contributed by atoms with E-state index < -0.39 is 9.84 Å². The van der Waals surface area contributed by atoms with E-state index in [1.54, 1.807) is 39.0 Å². The highest BCUT2D eigenvalue weighted by Crippen LogP contribution is 2.32. The van der Waals surface area contributed by atoms with Gasteiger partial charge in [0.1, 0.15) is 10.0 Å². The molecular formula is C15H16ClNO2S. The van der Waals surface area contributed by atoms with Crippen molar-refractivity contribution in [1.29, 1.82) is 0 Å². The number of halogens is 1. The van der Waals surface area contributed by atoms with Crippen LogP contribution in [0.4, 0.5) is 0 Å². The van der Waals surface area contributed by atoms with Crippen molar-refractivity contribution in [2.24, 2.45) is 0 Å². The molecule has 20 heavy (non-hydrogen) atoms. The van der Waals surface area contributed by atoms with Crippen molar-refractivity contribution < 1.29 is 8.42 Å². The second kappa shape index (κ2) is 5.19. The predicted molar refractivity (Wildman–Crippen MR) is 80.1 cm³/mol. The van der Waals surface area contributed by atoms with E-state index in [4.69, 9.17) is 11.6 Å². The zero-order chi connectivity index (χ0) is 15.1. The van der Waals surface area contributed by atoms with Crippen molar-refractivity contribution in [3.05, 3.63) is 51.8 Å². The molecule has 0 atom stereocenters. The molecule has 0 aliphatic rings. The van der Waals surface area contributed by atoms with Gasteiger partial charge < -0.3 is 0 Å². The van der Waals surface area contributed by atoms with Crippen molar-refractivity contribution in [3.8, 4) is 0 Å². The van der Waals surface area contributed by atoms with E-state index in [1.807, 2.05) is 13.0 Å². The Labute approximate surface area is 124 Å². The van der Waals surface area contributed by atoms with Gasteiger partial charge in [-0.2, -0.15) is 0 Å². The van der Waals surface area contributed by atoms with E-state index in [9.17, 15) is 8.42 Å². The summed E-state index contributed by atoms with van der Waals surface area (Å²) in [6.45, 7) is 7.20. The maximum atomic E-state index is 12.8. The Bertz CT molecular complexity index is 759. The molecule has 0 fully saturated rings. The first-order valence-corrected chi connectivity index (χ1v) is 8.06. The fourth-order valence-corrected chi connectivity index (χ4v) is 4.61. The summed E-state index contributed by atoms with van der Waals surface area (Å²) in [4.78, 5) is 4.45. The molecule has 1 heterocycles. The van der Waals surface area contributed by atoms with E-state index in [0.717, 1.165) is 11.1 Å². The van der Waals surface area contributed by atoms with Crippen molar-refractivity contribution in [2.45, 2.75) is 37.5 Å². The molecule has 0 bridgehead atoms. The Kier molecular flexibility index (Phi) is 3.89. The molecular weight excluding hydrogens is 294 g/mol. The number of rotatable bonds is 2. The maximum absolute atomic E-state index is 12.8. The summed E-state index contributed by atoms with van der Waals surface area (Å²) in [5.74, 6) is 0. The largest absolute Gasteiger partial charge is 0.240 e. The van der Waals surface area contributed by atoms with Crippen LogP contribution in [0, 0.1) is 27.7 Å². The summed E-state index contributed by atoms with van der Waals surface area (Å²) in [6, 6.07) is 6.95. The molecule has 0 radical (unpaired) electrons. The highest BCUT2D eigenvalue weighted by Gasteiger charge is 2.26. The minimum absolute atomic E-state index is 0.0309. The number of benzene rings is 1. The summed E-state index contributed by atoms with van der Waals surface area (Å²) >= 11 is 6.07. The Morgan fingerprint density at radius 3 is 2.30 bits per heavy atom. The van der Waals surface area contributed by atoms with Crippen LogP contribution in [0.1, 0.15) is 22.4 Å². The number of sulfone groups is 1. The molecule has 2 aromatic rings. The fourth-order valence-electron chi connectivity index (χ4n) is 2.23. The summed E-state index contributed by atoms with van der Waals surface area (Å²) in [6.07, 6.45) is 0. The normalized spacial score (nSPS) is 11.7. The molecule has 5 heteroatoms. The molecule has 3 nitrogen and oxygen atoms in total. The minimum Gasteiger partial charge on any atom is -0.240 e. The summed E-state index contributed by atoms with van der Waals surface area (Å²) < 4.78 is 25.7. The van der Waals surface area contributed by atoms with Gasteiger partial charge in [-0.1, -0.05) is 23.7 Å². The van der Waals surface area contributed by atoms with Crippen molar-refractivity contribution in [1.82, 2.24) is 4.98 Å². The highest BCUT2D eigenvalue weighted by atomic mass is 35.5. The zero-order valence-electron chi connectivity index (χ0n) is 11.9. The van der Waals surface area contributed by atoms with E-state index >= 15 is 0 Å². The second-order valence-electron chi connectivity index (χ2n) is 4.90. The van der Waals surface area contributed by atoms with Crippen LogP contribution in [0.2, 0.25) is 5.15 Å². The van der Waals surface area contributed by atoms with Gasteiger partial charge in [0, 0.05) is 5.69 Å². The van der Waals surface area contributed by atoms with Gasteiger partial charge in [0.05, 0.1) is 4.90 Å². The van der Waals surface area contributed by atoms with Gasteiger partial charge >= 0.3 is 0 Å². The molecule has 0 saturated carbocycles. The monoisotopic (exact) mass is 309 g/mol. The topological polar surface area (TPSA) is 47.0 Å². The van der Waals surface area contributed by atoms with Crippen molar-refractivity contribution in [2.75, 3.05) is 0 Å². The van der Waals surface area contributed by atoms with Gasteiger partial charge in [-0.25, -0.2) is 13.4 Å². The lowest BCUT2D eigenvalue weighted by atomic mass is 10.1. The van der Waals surface area contributed by atoms with Gasteiger partial charge in [0.15, 0.2) is 0 Å². The van der Waals surface area contributed by atoms with Gasteiger partial charge in [-0.05, 0) is 56.5 Å². The molecule has 0 N–H and O–H groups in total. The first kappa shape index (κ1) is 15.0. The van der Waals surface area contributed by atoms with Crippen LogP contribution in [-0.2, 0) is 9.84 Å². The van der Waals surface area contributed by atoms with Crippen LogP contribution in [0.3, 0.4) is 0 Å². The van der Waals surface area contributed by atoms with Crippen LogP contribution >= 0.6 is 11.6 Å². The highest BCUT2D eigenvalue weighted by molar-refractivity contribution is 7.91. The molecule has 0 unspecified atom stereocenters. The third kappa shape index (κ3) is 2.45. The summed E-state index contributed by atoms with van der Waals surface area (Å²) in [5, 5.41) is 0.0309.